The number of hydrogen-bond acceptors (Lipinski definition) is 5. The Morgan fingerprint density at radius 1 is 1.33 bits per heavy atom. The van der Waals surface area contributed by atoms with Crippen molar-refractivity contribution >= 4 is 0 Å². The van der Waals surface area contributed by atoms with Crippen molar-refractivity contribution in [1.82, 2.24) is 0 Å². The number of rotatable bonds is 1. The third-order valence-corrected chi connectivity index (χ3v) is 2.24. The minimum Gasteiger partial charge on any atom is -0.394 e. The Morgan fingerprint density at radius 3 is 2.42 bits per heavy atom. The molecule has 1 rings (SSSR count). The Hall–Kier alpha value is -0.200. The average molecular weight is 177 g/mol. The van der Waals surface area contributed by atoms with E-state index in [9.17, 15) is 10.2 Å². The molecule has 5 atom stereocenters. The van der Waals surface area contributed by atoms with Crippen molar-refractivity contribution in [3.63, 3.8) is 0 Å². The number of aliphatic hydroxyl groups excluding tert-OH is 3. The van der Waals surface area contributed by atoms with Gasteiger partial charge in [-0.15, -0.1) is 0 Å². The summed E-state index contributed by atoms with van der Waals surface area (Å²) in [6, 6.07) is -0.595. The SMILES string of the molecule is C[C@@H]1OC(CO)[C@H](O)C(O)C1N. The minimum atomic E-state index is -1.10. The van der Waals surface area contributed by atoms with Crippen LogP contribution in [0.5, 0.6) is 0 Å². The third kappa shape index (κ3) is 1.60. The molecule has 0 aromatic rings. The van der Waals surface area contributed by atoms with Crippen LogP contribution in [0.4, 0.5) is 0 Å². The van der Waals surface area contributed by atoms with E-state index in [2.05, 4.69) is 0 Å². The zero-order chi connectivity index (χ0) is 9.30. The molecule has 1 fully saturated rings. The Balaban J connectivity index is 2.63. The van der Waals surface area contributed by atoms with Crippen molar-refractivity contribution in [3.8, 4) is 0 Å². The Bertz CT molecular complexity index is 150. The molecule has 5 nitrogen and oxygen atoms in total. The van der Waals surface area contributed by atoms with Crippen LogP contribution in [0.25, 0.3) is 0 Å². The maximum absolute atomic E-state index is 9.35. The lowest BCUT2D eigenvalue weighted by Gasteiger charge is -2.39. The maximum atomic E-state index is 9.35. The van der Waals surface area contributed by atoms with Gasteiger partial charge in [-0.2, -0.15) is 0 Å². The van der Waals surface area contributed by atoms with Gasteiger partial charge in [-0.05, 0) is 6.92 Å². The second kappa shape index (κ2) is 3.68. The van der Waals surface area contributed by atoms with Crippen LogP contribution >= 0.6 is 0 Å². The minimum absolute atomic E-state index is 0.310. The number of nitrogens with two attached hydrogens (primary N) is 1. The van der Waals surface area contributed by atoms with Crippen molar-refractivity contribution in [2.45, 2.75) is 37.4 Å². The predicted molar refractivity (Wildman–Crippen MR) is 41.4 cm³/mol. The van der Waals surface area contributed by atoms with Crippen LogP contribution in [0.2, 0.25) is 0 Å². The van der Waals surface area contributed by atoms with E-state index in [4.69, 9.17) is 15.6 Å². The van der Waals surface area contributed by atoms with Gasteiger partial charge in [0.25, 0.3) is 0 Å². The first-order valence-corrected chi connectivity index (χ1v) is 3.96. The lowest BCUT2D eigenvalue weighted by Crippen LogP contribution is -2.60. The summed E-state index contributed by atoms with van der Waals surface area (Å²) in [5.74, 6) is 0. The van der Waals surface area contributed by atoms with Crippen molar-refractivity contribution in [1.29, 1.82) is 0 Å². The van der Waals surface area contributed by atoms with E-state index in [0.29, 0.717) is 0 Å². The Morgan fingerprint density at radius 2 is 1.92 bits per heavy atom. The summed E-state index contributed by atoms with van der Waals surface area (Å²) in [6.07, 6.45) is -3.19. The largest absolute Gasteiger partial charge is 0.394 e. The summed E-state index contributed by atoms with van der Waals surface area (Å²) in [4.78, 5) is 0. The molecule has 12 heavy (non-hydrogen) atoms. The Kier molecular flexibility index (Phi) is 3.03. The molecule has 5 heteroatoms. The molecule has 0 bridgehead atoms. The third-order valence-electron chi connectivity index (χ3n) is 2.24. The number of ether oxygens (including phenoxy) is 1. The van der Waals surface area contributed by atoms with E-state index in [0.717, 1.165) is 0 Å². The van der Waals surface area contributed by atoms with Gasteiger partial charge in [0.05, 0.1) is 18.8 Å². The average Bonchev–Trinajstić information content (AvgIpc) is 2.08. The molecule has 1 saturated heterocycles. The summed E-state index contributed by atoms with van der Waals surface area (Å²) in [5.41, 5.74) is 5.51. The monoisotopic (exact) mass is 177 g/mol. The van der Waals surface area contributed by atoms with E-state index in [1.165, 1.54) is 0 Å². The maximum Gasteiger partial charge on any atom is 0.110 e. The van der Waals surface area contributed by atoms with Crippen molar-refractivity contribution in [2.75, 3.05) is 6.61 Å². The summed E-state index contributed by atoms with van der Waals surface area (Å²) in [7, 11) is 0. The topological polar surface area (TPSA) is 95.9 Å². The van der Waals surface area contributed by atoms with Gasteiger partial charge in [-0.3, -0.25) is 0 Å². The molecule has 1 heterocycles. The molecule has 0 amide bonds. The molecular formula is C7H15NO4. The van der Waals surface area contributed by atoms with E-state index < -0.39 is 24.4 Å². The fourth-order valence-corrected chi connectivity index (χ4v) is 1.32. The highest BCUT2D eigenvalue weighted by Gasteiger charge is 2.40. The second-order valence-corrected chi connectivity index (χ2v) is 3.12. The highest BCUT2D eigenvalue weighted by molar-refractivity contribution is 4.92. The van der Waals surface area contributed by atoms with Crippen LogP contribution in [-0.4, -0.2) is 52.4 Å². The van der Waals surface area contributed by atoms with Gasteiger partial charge in [0, 0.05) is 0 Å². The molecule has 1 aliphatic rings. The highest BCUT2D eigenvalue weighted by Crippen LogP contribution is 2.18. The van der Waals surface area contributed by atoms with Gasteiger partial charge in [0.15, 0.2) is 0 Å². The van der Waals surface area contributed by atoms with Crippen LogP contribution in [0.3, 0.4) is 0 Å². The summed E-state index contributed by atoms with van der Waals surface area (Å²) in [6.45, 7) is 1.39. The van der Waals surface area contributed by atoms with E-state index in [1.807, 2.05) is 0 Å². The fourth-order valence-electron chi connectivity index (χ4n) is 1.32. The Labute approximate surface area is 70.8 Å². The van der Waals surface area contributed by atoms with E-state index >= 15 is 0 Å². The van der Waals surface area contributed by atoms with E-state index in [-0.39, 0.29) is 12.7 Å². The molecule has 0 aromatic carbocycles. The molecule has 0 aromatic heterocycles. The lowest BCUT2D eigenvalue weighted by atomic mass is 9.94. The van der Waals surface area contributed by atoms with Crippen LogP contribution < -0.4 is 5.73 Å². The number of hydrogen-bond donors (Lipinski definition) is 4. The molecule has 0 spiro atoms. The molecule has 0 aliphatic carbocycles. The van der Waals surface area contributed by atoms with Crippen molar-refractivity contribution in [2.24, 2.45) is 5.73 Å². The standard InChI is InChI=1S/C7H15NO4/c1-3-5(8)7(11)6(10)4(2-9)12-3/h3-7,9-11H,2,8H2,1H3/t3-,4?,5?,6-,7?/m0/s1. The van der Waals surface area contributed by atoms with Gasteiger partial charge in [0.2, 0.25) is 0 Å². The smallest absolute Gasteiger partial charge is 0.110 e. The van der Waals surface area contributed by atoms with Crippen molar-refractivity contribution < 1.29 is 20.1 Å². The predicted octanol–water partition coefficient (Wildman–Crippen LogP) is -2.18. The van der Waals surface area contributed by atoms with Crippen LogP contribution in [-0.2, 0) is 4.74 Å². The van der Waals surface area contributed by atoms with Gasteiger partial charge in [-0.1, -0.05) is 0 Å². The zero-order valence-corrected chi connectivity index (χ0v) is 6.92. The molecule has 3 unspecified atom stereocenters. The second-order valence-electron chi connectivity index (χ2n) is 3.12. The first-order valence-electron chi connectivity index (χ1n) is 3.96. The fraction of sp³-hybridized carbons (Fsp3) is 1.00. The van der Waals surface area contributed by atoms with Gasteiger partial charge >= 0.3 is 0 Å². The quantitative estimate of drug-likeness (QED) is 0.365. The molecule has 1 aliphatic heterocycles. The van der Waals surface area contributed by atoms with Crippen molar-refractivity contribution in [3.05, 3.63) is 0 Å². The van der Waals surface area contributed by atoms with Gasteiger partial charge in [0.1, 0.15) is 18.3 Å². The summed E-state index contributed by atoms with van der Waals surface area (Å²) in [5, 5.41) is 27.4. The normalized spacial score (nSPS) is 49.2. The lowest BCUT2D eigenvalue weighted by molar-refractivity contribution is -0.183. The first kappa shape index (κ1) is 9.88. The molecule has 5 N–H and O–H groups in total. The molecular weight excluding hydrogens is 162 g/mol. The van der Waals surface area contributed by atoms with Gasteiger partial charge in [-0.25, -0.2) is 0 Å². The summed E-state index contributed by atoms with van der Waals surface area (Å²) < 4.78 is 5.15. The van der Waals surface area contributed by atoms with Gasteiger partial charge < -0.3 is 25.8 Å². The van der Waals surface area contributed by atoms with Crippen LogP contribution in [0.15, 0.2) is 0 Å². The highest BCUT2D eigenvalue weighted by atomic mass is 16.5. The first-order chi connectivity index (χ1) is 5.57. The molecule has 0 saturated carbocycles. The molecule has 72 valence electrons. The number of aliphatic hydroxyl groups is 3. The molecule has 0 radical (unpaired) electrons. The zero-order valence-electron chi connectivity index (χ0n) is 6.92. The van der Waals surface area contributed by atoms with Crippen LogP contribution in [0.1, 0.15) is 6.92 Å². The summed E-state index contributed by atoms with van der Waals surface area (Å²) >= 11 is 0. The van der Waals surface area contributed by atoms with E-state index in [1.54, 1.807) is 6.92 Å². The van der Waals surface area contributed by atoms with Crippen LogP contribution in [0, 0.1) is 0 Å².